The molecule has 3 N–H and O–H groups in total. The number of nitrogens with two attached hydrogens (primary N) is 1. The molecule has 6 rings (SSSR count). The van der Waals surface area contributed by atoms with Crippen molar-refractivity contribution in [1.82, 2.24) is 34.9 Å². The molecular weight excluding hydrogens is 597 g/mol. The number of anilines is 1. The summed E-state index contributed by atoms with van der Waals surface area (Å²) in [6, 6.07) is 16.2. The number of ether oxygens (including phenoxy) is 1. The van der Waals surface area contributed by atoms with E-state index in [9.17, 15) is 10.1 Å². The molecule has 0 radical (unpaired) electrons. The molecule has 0 aliphatic carbocycles. The molecule has 2 aromatic carbocycles. The zero-order chi connectivity index (χ0) is 33.3. The summed E-state index contributed by atoms with van der Waals surface area (Å²) >= 11 is 0. The first-order valence-electron chi connectivity index (χ1n) is 16.0. The fourth-order valence-electron chi connectivity index (χ4n) is 6.73. The Bertz CT molecular complexity index is 1850. The van der Waals surface area contributed by atoms with E-state index in [1.807, 2.05) is 32.0 Å². The summed E-state index contributed by atoms with van der Waals surface area (Å²) in [4.78, 5) is 26.5. The van der Waals surface area contributed by atoms with Crippen molar-refractivity contribution in [3.05, 3.63) is 72.3 Å². The second-order valence-corrected chi connectivity index (χ2v) is 13.0. The van der Waals surface area contributed by atoms with Gasteiger partial charge < -0.3 is 20.7 Å². The minimum absolute atomic E-state index is 0.117. The highest BCUT2D eigenvalue weighted by atomic mass is 19.1. The highest BCUT2D eigenvalue weighted by Crippen LogP contribution is 2.36. The maximum absolute atomic E-state index is 15.7. The molecular formula is C35H40FN9O2. The van der Waals surface area contributed by atoms with Crippen molar-refractivity contribution < 1.29 is 13.9 Å². The summed E-state index contributed by atoms with van der Waals surface area (Å²) in [5.41, 5.74) is 6.93. The van der Waals surface area contributed by atoms with E-state index in [1.165, 1.54) is 12.4 Å². The van der Waals surface area contributed by atoms with Gasteiger partial charge in [0.25, 0.3) is 5.91 Å². The van der Waals surface area contributed by atoms with E-state index in [1.54, 1.807) is 39.9 Å². The molecule has 0 bridgehead atoms. The Morgan fingerprint density at radius 3 is 2.68 bits per heavy atom. The lowest BCUT2D eigenvalue weighted by Gasteiger charge is -2.46. The largest absolute Gasteiger partial charge is 0.457 e. The normalized spacial score (nSPS) is 21.1. The zero-order valence-electron chi connectivity index (χ0n) is 27.2. The van der Waals surface area contributed by atoms with Crippen LogP contribution in [-0.4, -0.2) is 79.3 Å². The van der Waals surface area contributed by atoms with Crippen molar-refractivity contribution in [1.29, 1.82) is 5.26 Å². The van der Waals surface area contributed by atoms with E-state index >= 15 is 4.39 Å². The summed E-state index contributed by atoms with van der Waals surface area (Å²) in [5.74, 6) is 0.268. The smallest absolute Gasteiger partial charge is 0.264 e. The van der Waals surface area contributed by atoms with Crippen molar-refractivity contribution >= 4 is 22.8 Å². The summed E-state index contributed by atoms with van der Waals surface area (Å²) < 4.78 is 23.2. The maximum Gasteiger partial charge on any atom is 0.264 e. The summed E-state index contributed by atoms with van der Waals surface area (Å²) in [5, 5.41) is 18.9. The molecule has 11 nitrogen and oxygen atoms in total. The van der Waals surface area contributed by atoms with Crippen LogP contribution in [0.25, 0.3) is 22.3 Å². The third kappa shape index (κ3) is 6.54. The molecule has 1 amide bonds. The van der Waals surface area contributed by atoms with E-state index < -0.39 is 11.4 Å². The number of hydrogen-bond donors (Lipinski definition) is 2. The lowest BCUT2D eigenvalue weighted by atomic mass is 9.94. The highest BCUT2D eigenvalue weighted by molar-refractivity contribution is 5.99. The van der Waals surface area contributed by atoms with Gasteiger partial charge in [-0.05, 0) is 70.9 Å². The number of benzene rings is 2. The summed E-state index contributed by atoms with van der Waals surface area (Å²) in [7, 11) is 0. The number of nitriles is 1. The second kappa shape index (κ2) is 13.1. The Morgan fingerprint density at radius 1 is 1.15 bits per heavy atom. The van der Waals surface area contributed by atoms with Crippen LogP contribution in [0.4, 0.5) is 10.2 Å². The molecule has 0 saturated carbocycles. The lowest BCUT2D eigenvalue weighted by molar-refractivity contribution is -0.128. The van der Waals surface area contributed by atoms with Crippen molar-refractivity contribution in [2.45, 2.75) is 64.2 Å². The van der Waals surface area contributed by atoms with Crippen LogP contribution in [0, 0.1) is 17.1 Å². The predicted molar refractivity (Wildman–Crippen MR) is 178 cm³/mol. The van der Waals surface area contributed by atoms with Gasteiger partial charge in [0, 0.05) is 55.4 Å². The number of nitrogens with zero attached hydrogens (tertiary/aromatic N) is 7. The van der Waals surface area contributed by atoms with E-state index in [4.69, 9.17) is 15.6 Å². The zero-order valence-corrected chi connectivity index (χ0v) is 27.2. The minimum Gasteiger partial charge on any atom is -0.457 e. The number of fused-ring (bicyclic) bond motifs is 1. The summed E-state index contributed by atoms with van der Waals surface area (Å²) in [6.45, 7) is 10.9. The third-order valence-electron chi connectivity index (χ3n) is 9.08. The van der Waals surface area contributed by atoms with E-state index in [2.05, 4.69) is 40.1 Å². The van der Waals surface area contributed by atoms with Crippen LogP contribution < -0.4 is 15.8 Å². The molecule has 2 aliphatic heterocycles. The van der Waals surface area contributed by atoms with Gasteiger partial charge in [-0.1, -0.05) is 18.2 Å². The molecule has 47 heavy (non-hydrogen) atoms. The molecule has 2 aromatic heterocycles. The average Bonchev–Trinajstić information content (AvgIpc) is 3.45. The number of aromatic nitrogens is 4. The first-order valence-corrected chi connectivity index (χ1v) is 16.0. The molecule has 4 heterocycles. The fourth-order valence-corrected chi connectivity index (χ4v) is 6.73. The quantitative estimate of drug-likeness (QED) is 0.210. The molecule has 244 valence electrons. The number of likely N-dealkylation sites (tertiary alicyclic amines) is 1. The number of hydrogen-bond acceptors (Lipinski definition) is 9. The van der Waals surface area contributed by atoms with Crippen molar-refractivity contribution in [3.63, 3.8) is 0 Å². The van der Waals surface area contributed by atoms with Crippen LogP contribution in [-0.2, 0) is 4.79 Å². The van der Waals surface area contributed by atoms with Crippen LogP contribution >= 0.6 is 0 Å². The topological polar surface area (TPSA) is 138 Å². The monoisotopic (exact) mass is 637 g/mol. The molecule has 4 aromatic rings. The molecule has 12 heteroatoms. The van der Waals surface area contributed by atoms with Crippen molar-refractivity contribution in [3.8, 4) is 28.8 Å². The Morgan fingerprint density at radius 2 is 1.94 bits per heavy atom. The average molecular weight is 638 g/mol. The Balaban J connectivity index is 1.28. The second-order valence-electron chi connectivity index (χ2n) is 13.0. The highest BCUT2D eigenvalue weighted by Gasteiger charge is 2.36. The summed E-state index contributed by atoms with van der Waals surface area (Å²) in [6.07, 6.45) is 4.57. The van der Waals surface area contributed by atoms with Gasteiger partial charge >= 0.3 is 0 Å². The number of nitrogens with one attached hydrogen (secondary N) is 1. The van der Waals surface area contributed by atoms with Gasteiger partial charge in [-0.3, -0.25) is 9.69 Å². The van der Waals surface area contributed by atoms with Crippen LogP contribution in [0.3, 0.4) is 0 Å². The van der Waals surface area contributed by atoms with Gasteiger partial charge in [0.2, 0.25) is 0 Å². The maximum atomic E-state index is 15.7. The number of para-hydroxylation sites is 1. The Hall–Kier alpha value is -4.86. The van der Waals surface area contributed by atoms with Crippen LogP contribution in [0.5, 0.6) is 11.5 Å². The minimum atomic E-state index is -0.534. The van der Waals surface area contributed by atoms with Gasteiger partial charge in [-0.25, -0.2) is 19.0 Å². The van der Waals surface area contributed by atoms with E-state index in [0.29, 0.717) is 60.2 Å². The molecule has 0 spiro atoms. The van der Waals surface area contributed by atoms with Gasteiger partial charge in [0.1, 0.15) is 46.8 Å². The SMILES string of the molecule is C[C@@H]1CN(C(C)(C)C=C(C#N)C(=O)N2CCCC(n3nc(-c4ccc(Oc5ccccc5)cc4F)c4c(N)ncnc43)C2)[C@@H](C)CN1. The molecule has 2 fully saturated rings. The van der Waals surface area contributed by atoms with E-state index in [-0.39, 0.29) is 34.9 Å². The van der Waals surface area contributed by atoms with Crippen LogP contribution in [0.15, 0.2) is 66.5 Å². The lowest BCUT2D eigenvalue weighted by Crippen LogP contribution is -2.60. The number of rotatable bonds is 7. The number of amides is 1. The number of carbonyl (C=O) groups is 1. The number of piperazine rings is 1. The number of nitrogen functional groups attached to an aromatic ring is 1. The molecule has 1 unspecified atom stereocenters. The van der Waals surface area contributed by atoms with Gasteiger partial charge in [-0.2, -0.15) is 10.4 Å². The first kappa shape index (κ1) is 32.1. The van der Waals surface area contributed by atoms with Crippen molar-refractivity contribution in [2.75, 3.05) is 31.9 Å². The standard InChI is InChI=1S/C35H40FN9O2/c1-22-19-44(23(2)18-39-22)35(3,4)16-24(17-37)34(46)43-14-8-9-25(20-43)45-33-30(32(38)40-21-41-33)31(42-45)28-13-12-27(15-29(28)36)47-26-10-6-5-7-11-26/h5-7,10-13,15-16,21-23,25,39H,8-9,14,18-20H2,1-4H3,(H2,38,40,41)/t22-,23+,25?/m1/s1. The van der Waals surface area contributed by atoms with Gasteiger partial charge in [0.15, 0.2) is 5.65 Å². The predicted octanol–water partition coefficient (Wildman–Crippen LogP) is 5.08. The van der Waals surface area contributed by atoms with E-state index in [0.717, 1.165) is 13.1 Å². The number of piperidine rings is 1. The first-order chi connectivity index (χ1) is 22.6. The molecule has 2 aliphatic rings. The molecule has 2 saturated heterocycles. The number of halogens is 1. The number of carbonyl (C=O) groups excluding carboxylic acids is 1. The van der Waals surface area contributed by atoms with Crippen LogP contribution in [0.1, 0.15) is 46.6 Å². The van der Waals surface area contributed by atoms with Gasteiger partial charge in [0.05, 0.1) is 11.4 Å². The Labute approximate surface area is 273 Å². The fraction of sp³-hybridized carbons (Fsp3) is 0.400. The van der Waals surface area contributed by atoms with Crippen LogP contribution in [0.2, 0.25) is 0 Å². The van der Waals surface area contributed by atoms with Crippen molar-refractivity contribution in [2.24, 2.45) is 0 Å². The molecule has 3 atom stereocenters. The van der Waals surface area contributed by atoms with Gasteiger partial charge in [-0.15, -0.1) is 0 Å². The third-order valence-corrected chi connectivity index (χ3v) is 9.08. The Kier molecular flexibility index (Phi) is 8.94.